The third-order valence-corrected chi connectivity index (χ3v) is 3.07. The summed E-state index contributed by atoms with van der Waals surface area (Å²) in [5, 5.41) is 9.30. The zero-order valence-corrected chi connectivity index (χ0v) is 7.86. The molecule has 1 aliphatic carbocycles. The van der Waals surface area contributed by atoms with E-state index in [1.807, 2.05) is 6.07 Å². The van der Waals surface area contributed by atoms with E-state index in [1.165, 1.54) is 6.42 Å². The second-order valence-electron chi connectivity index (χ2n) is 4.08. The molecule has 1 aromatic rings. The summed E-state index contributed by atoms with van der Waals surface area (Å²) in [4.78, 5) is 0. The molecule has 0 saturated heterocycles. The Morgan fingerprint density at radius 1 is 1.29 bits per heavy atom. The van der Waals surface area contributed by atoms with Gasteiger partial charge in [0.05, 0.1) is 0 Å². The van der Waals surface area contributed by atoms with E-state index in [0.717, 1.165) is 24.2 Å². The first-order chi connectivity index (χ1) is 6.77. The van der Waals surface area contributed by atoms with Gasteiger partial charge in [0.15, 0.2) is 0 Å². The van der Waals surface area contributed by atoms with E-state index in [2.05, 4.69) is 12.2 Å². The fourth-order valence-corrected chi connectivity index (χ4v) is 2.05. The van der Waals surface area contributed by atoms with Gasteiger partial charge in [-0.05, 0) is 43.5 Å². The van der Waals surface area contributed by atoms with Crippen LogP contribution in [-0.2, 0) is 0 Å². The van der Waals surface area contributed by atoms with E-state index in [-0.39, 0.29) is 5.60 Å². The van der Waals surface area contributed by atoms with E-state index < -0.39 is 0 Å². The molecule has 1 spiro atoms. The summed E-state index contributed by atoms with van der Waals surface area (Å²) in [5.74, 6) is 1.19. The Hall–Kier alpha value is -1.44. The zero-order chi connectivity index (χ0) is 9.60. The molecule has 2 heteroatoms. The molecule has 0 atom stereocenters. The number of rotatable bonds is 0. The van der Waals surface area contributed by atoms with Crippen molar-refractivity contribution in [1.82, 2.24) is 0 Å². The van der Waals surface area contributed by atoms with Gasteiger partial charge in [-0.1, -0.05) is 6.08 Å². The number of phenolic OH excluding ortho intramolecular Hbond substituents is 1. The Bertz CT molecular complexity index is 403. The highest BCUT2D eigenvalue weighted by atomic mass is 16.5. The molecular formula is C12H12O2. The first kappa shape index (κ1) is 7.92. The molecule has 72 valence electrons. The zero-order valence-electron chi connectivity index (χ0n) is 7.86. The second kappa shape index (κ2) is 2.53. The van der Waals surface area contributed by atoms with Crippen LogP contribution in [-0.4, -0.2) is 10.7 Å². The molecule has 0 unspecified atom stereocenters. The number of benzene rings is 1. The van der Waals surface area contributed by atoms with Gasteiger partial charge in [-0.15, -0.1) is 0 Å². The van der Waals surface area contributed by atoms with Crippen LogP contribution in [0.3, 0.4) is 0 Å². The lowest BCUT2D eigenvalue weighted by Gasteiger charge is -2.41. The number of hydrogen-bond donors (Lipinski definition) is 1. The summed E-state index contributed by atoms with van der Waals surface area (Å²) < 4.78 is 5.91. The average molecular weight is 188 g/mol. The molecular weight excluding hydrogens is 176 g/mol. The van der Waals surface area contributed by atoms with Crippen LogP contribution < -0.4 is 4.74 Å². The molecule has 14 heavy (non-hydrogen) atoms. The number of fused-ring (bicyclic) bond motifs is 1. The molecule has 1 N–H and O–H groups in total. The van der Waals surface area contributed by atoms with Gasteiger partial charge in [0, 0.05) is 5.56 Å². The quantitative estimate of drug-likeness (QED) is 0.678. The Balaban J connectivity index is 2.02. The number of hydrogen-bond acceptors (Lipinski definition) is 2. The van der Waals surface area contributed by atoms with Gasteiger partial charge >= 0.3 is 0 Å². The Morgan fingerprint density at radius 3 is 2.86 bits per heavy atom. The maximum absolute atomic E-state index is 9.30. The van der Waals surface area contributed by atoms with Crippen molar-refractivity contribution in [2.24, 2.45) is 0 Å². The topological polar surface area (TPSA) is 29.5 Å². The third kappa shape index (κ3) is 1.03. The highest BCUT2D eigenvalue weighted by Crippen LogP contribution is 2.43. The minimum absolute atomic E-state index is 0.0238. The van der Waals surface area contributed by atoms with Crippen LogP contribution in [0.15, 0.2) is 24.3 Å². The van der Waals surface area contributed by atoms with Crippen molar-refractivity contribution in [1.29, 1.82) is 0 Å². The fraction of sp³-hybridized carbons (Fsp3) is 0.333. The van der Waals surface area contributed by atoms with E-state index in [9.17, 15) is 5.11 Å². The van der Waals surface area contributed by atoms with Crippen molar-refractivity contribution in [3.05, 3.63) is 29.8 Å². The van der Waals surface area contributed by atoms with Crippen molar-refractivity contribution >= 4 is 6.08 Å². The molecule has 0 aromatic heterocycles. The van der Waals surface area contributed by atoms with Crippen LogP contribution in [0.2, 0.25) is 0 Å². The molecule has 3 rings (SSSR count). The predicted molar refractivity (Wildman–Crippen MR) is 54.4 cm³/mol. The smallest absolute Gasteiger partial charge is 0.128 e. The normalized spacial score (nSPS) is 21.1. The summed E-state index contributed by atoms with van der Waals surface area (Å²) in [6.07, 6.45) is 7.65. The molecule has 1 heterocycles. The first-order valence-corrected chi connectivity index (χ1v) is 4.99. The lowest BCUT2D eigenvalue weighted by atomic mass is 9.78. The molecule has 2 nitrogen and oxygen atoms in total. The van der Waals surface area contributed by atoms with Crippen LogP contribution in [0.1, 0.15) is 24.8 Å². The highest BCUT2D eigenvalue weighted by Gasteiger charge is 2.38. The van der Waals surface area contributed by atoms with E-state index in [1.54, 1.807) is 12.1 Å². The largest absolute Gasteiger partial charge is 0.508 e. The predicted octanol–water partition coefficient (Wildman–Crippen LogP) is 2.72. The average Bonchev–Trinajstić information content (AvgIpc) is 2.15. The molecule has 1 saturated carbocycles. The third-order valence-electron chi connectivity index (χ3n) is 3.07. The van der Waals surface area contributed by atoms with Gasteiger partial charge in [-0.25, -0.2) is 0 Å². The summed E-state index contributed by atoms with van der Waals surface area (Å²) in [7, 11) is 0. The van der Waals surface area contributed by atoms with Crippen LogP contribution in [0, 0.1) is 0 Å². The second-order valence-corrected chi connectivity index (χ2v) is 4.08. The highest BCUT2D eigenvalue weighted by molar-refractivity contribution is 5.63. The van der Waals surface area contributed by atoms with Gasteiger partial charge in [-0.2, -0.15) is 0 Å². The maximum atomic E-state index is 9.30. The Kier molecular flexibility index (Phi) is 1.43. The molecule has 0 amide bonds. The van der Waals surface area contributed by atoms with Crippen molar-refractivity contribution in [3.8, 4) is 11.5 Å². The summed E-state index contributed by atoms with van der Waals surface area (Å²) in [6.45, 7) is 0. The standard InChI is InChI=1S/C12H12O2/c13-10-2-3-11-9(8-10)4-7-12(14-11)5-1-6-12/h2-4,7-8,13H,1,5-6H2. The van der Waals surface area contributed by atoms with Gasteiger partial charge in [0.1, 0.15) is 17.1 Å². The minimum atomic E-state index is -0.0238. The van der Waals surface area contributed by atoms with Crippen LogP contribution in [0.4, 0.5) is 0 Å². The molecule has 1 aliphatic heterocycles. The van der Waals surface area contributed by atoms with Gasteiger partial charge in [-0.3, -0.25) is 0 Å². The van der Waals surface area contributed by atoms with Gasteiger partial charge < -0.3 is 9.84 Å². The van der Waals surface area contributed by atoms with Gasteiger partial charge in [0.2, 0.25) is 0 Å². The molecule has 0 radical (unpaired) electrons. The van der Waals surface area contributed by atoms with Crippen LogP contribution >= 0.6 is 0 Å². The Morgan fingerprint density at radius 2 is 2.14 bits per heavy atom. The molecule has 1 aromatic carbocycles. The molecule has 2 aliphatic rings. The summed E-state index contributed by atoms with van der Waals surface area (Å²) in [5.41, 5.74) is 0.951. The van der Waals surface area contributed by atoms with Crippen molar-refractivity contribution in [2.45, 2.75) is 24.9 Å². The van der Waals surface area contributed by atoms with Crippen LogP contribution in [0.5, 0.6) is 11.5 Å². The van der Waals surface area contributed by atoms with Crippen molar-refractivity contribution in [2.75, 3.05) is 0 Å². The summed E-state index contributed by atoms with van der Waals surface area (Å²) >= 11 is 0. The number of phenols is 1. The lowest BCUT2D eigenvalue weighted by molar-refractivity contribution is 0.0382. The lowest BCUT2D eigenvalue weighted by Crippen LogP contribution is -2.42. The van der Waals surface area contributed by atoms with E-state index in [0.29, 0.717) is 5.75 Å². The van der Waals surface area contributed by atoms with E-state index in [4.69, 9.17) is 4.74 Å². The maximum Gasteiger partial charge on any atom is 0.128 e. The fourth-order valence-electron chi connectivity index (χ4n) is 2.05. The van der Waals surface area contributed by atoms with Crippen molar-refractivity contribution < 1.29 is 9.84 Å². The SMILES string of the molecule is Oc1ccc2c(c1)C=CC1(CCC1)O2. The number of aromatic hydroxyl groups is 1. The van der Waals surface area contributed by atoms with Gasteiger partial charge in [0.25, 0.3) is 0 Å². The summed E-state index contributed by atoms with van der Waals surface area (Å²) in [6, 6.07) is 5.25. The molecule has 1 fully saturated rings. The monoisotopic (exact) mass is 188 g/mol. The van der Waals surface area contributed by atoms with E-state index >= 15 is 0 Å². The van der Waals surface area contributed by atoms with Crippen LogP contribution in [0.25, 0.3) is 6.08 Å². The Labute approximate surface area is 82.8 Å². The minimum Gasteiger partial charge on any atom is -0.508 e. The molecule has 0 bridgehead atoms. The number of ether oxygens (including phenoxy) is 1. The van der Waals surface area contributed by atoms with Crippen molar-refractivity contribution in [3.63, 3.8) is 0 Å². The first-order valence-electron chi connectivity index (χ1n) is 4.99.